The molecule has 0 unspecified atom stereocenters. The van der Waals surface area contributed by atoms with Crippen LogP contribution >= 0.6 is 0 Å². The van der Waals surface area contributed by atoms with E-state index in [2.05, 4.69) is 17.9 Å². The molecule has 0 saturated heterocycles. The predicted molar refractivity (Wildman–Crippen MR) is 95.9 cm³/mol. The first-order valence-corrected chi connectivity index (χ1v) is 8.77. The summed E-state index contributed by atoms with van der Waals surface area (Å²) in [6.07, 6.45) is 6.14. The minimum atomic E-state index is -0.545. The van der Waals surface area contributed by atoms with E-state index in [0.29, 0.717) is 12.4 Å². The fourth-order valence-electron chi connectivity index (χ4n) is 3.29. The molecule has 0 saturated carbocycles. The number of benzene rings is 2. The topological polar surface area (TPSA) is 6.48 Å². The molecule has 2 aromatic carbocycles. The van der Waals surface area contributed by atoms with Crippen LogP contribution in [0, 0.1) is 11.6 Å². The average molecular weight is 330 g/mol. The third-order valence-electron chi connectivity index (χ3n) is 4.56. The van der Waals surface area contributed by atoms with Crippen LogP contribution in [0.15, 0.2) is 42.5 Å². The van der Waals surface area contributed by atoms with Gasteiger partial charge in [0.05, 0.1) is 23.7 Å². The number of hydrogen-bond donors (Lipinski definition) is 0. The Hall–Kier alpha value is -2.10. The van der Waals surface area contributed by atoms with Gasteiger partial charge < -0.3 is 9.80 Å². The molecule has 1 aliphatic heterocycles. The molecule has 0 atom stereocenters. The van der Waals surface area contributed by atoms with Crippen LogP contribution in [0.3, 0.4) is 0 Å². The van der Waals surface area contributed by atoms with Gasteiger partial charge in [0.1, 0.15) is 11.6 Å². The van der Waals surface area contributed by atoms with Crippen LogP contribution in [-0.4, -0.2) is 13.2 Å². The molecule has 2 aromatic rings. The van der Waals surface area contributed by atoms with E-state index >= 15 is 0 Å². The highest BCUT2D eigenvalue weighted by Gasteiger charge is 2.27. The van der Waals surface area contributed by atoms with E-state index in [0.717, 1.165) is 30.4 Å². The second kappa shape index (κ2) is 7.65. The first-order chi connectivity index (χ1) is 11.7. The number of anilines is 3. The van der Waals surface area contributed by atoms with Crippen LogP contribution in [0.25, 0.3) is 0 Å². The minimum Gasteiger partial charge on any atom is -0.352 e. The third-order valence-corrected chi connectivity index (χ3v) is 4.56. The van der Waals surface area contributed by atoms with Crippen molar-refractivity contribution in [3.8, 4) is 0 Å². The van der Waals surface area contributed by atoms with Gasteiger partial charge in [-0.3, -0.25) is 0 Å². The van der Waals surface area contributed by atoms with Gasteiger partial charge in [0, 0.05) is 12.6 Å². The van der Waals surface area contributed by atoms with Crippen molar-refractivity contribution in [1.29, 1.82) is 0 Å². The molecule has 1 heterocycles. The molecular formula is C20H24F2N2. The minimum absolute atomic E-state index is 0.428. The van der Waals surface area contributed by atoms with E-state index in [1.54, 1.807) is 0 Å². The summed E-state index contributed by atoms with van der Waals surface area (Å²) in [6, 6.07) is 11.8. The van der Waals surface area contributed by atoms with E-state index in [4.69, 9.17) is 0 Å². The van der Waals surface area contributed by atoms with Crippen molar-refractivity contribution in [2.45, 2.75) is 39.0 Å². The lowest BCUT2D eigenvalue weighted by atomic mass is 10.1. The molecule has 0 aromatic heterocycles. The first-order valence-electron chi connectivity index (χ1n) is 8.77. The summed E-state index contributed by atoms with van der Waals surface area (Å²) in [6.45, 7) is 3.78. The third kappa shape index (κ3) is 3.53. The van der Waals surface area contributed by atoms with Crippen molar-refractivity contribution in [3.63, 3.8) is 0 Å². The van der Waals surface area contributed by atoms with E-state index in [9.17, 15) is 8.78 Å². The molecule has 24 heavy (non-hydrogen) atoms. The van der Waals surface area contributed by atoms with Gasteiger partial charge in [-0.05, 0) is 30.7 Å². The summed E-state index contributed by atoms with van der Waals surface area (Å²) in [5.41, 5.74) is 2.53. The van der Waals surface area contributed by atoms with Gasteiger partial charge in [-0.25, -0.2) is 8.78 Å². The Labute approximate surface area is 142 Å². The quantitative estimate of drug-likeness (QED) is 0.587. The Morgan fingerprint density at radius 1 is 0.875 bits per heavy atom. The van der Waals surface area contributed by atoms with E-state index in [1.807, 2.05) is 23.1 Å². The smallest absolute Gasteiger partial charge is 0.149 e. The summed E-state index contributed by atoms with van der Waals surface area (Å²) in [5.74, 6) is -1.06. The number of hydrogen-bond acceptors (Lipinski definition) is 2. The Balaban J connectivity index is 1.76. The Morgan fingerprint density at radius 3 is 2.38 bits per heavy atom. The Morgan fingerprint density at radius 2 is 1.62 bits per heavy atom. The van der Waals surface area contributed by atoms with Gasteiger partial charge in [-0.15, -0.1) is 0 Å². The summed E-state index contributed by atoms with van der Waals surface area (Å²) in [4.78, 5) is 4.21. The molecule has 0 amide bonds. The van der Waals surface area contributed by atoms with Crippen LogP contribution in [0.2, 0.25) is 0 Å². The summed E-state index contributed by atoms with van der Waals surface area (Å²) in [5, 5.41) is 0. The maximum Gasteiger partial charge on any atom is 0.149 e. The van der Waals surface area contributed by atoms with Crippen LogP contribution in [-0.2, 0) is 0 Å². The fourth-order valence-corrected chi connectivity index (χ4v) is 3.29. The lowest BCUT2D eigenvalue weighted by Gasteiger charge is -2.22. The zero-order valence-electron chi connectivity index (χ0n) is 14.1. The maximum atomic E-state index is 14.2. The number of unbranched alkanes of at least 4 members (excludes halogenated alkanes) is 4. The Bertz CT molecular complexity index is 687. The summed E-state index contributed by atoms with van der Waals surface area (Å²) < 4.78 is 27.4. The van der Waals surface area contributed by atoms with E-state index < -0.39 is 11.6 Å². The van der Waals surface area contributed by atoms with Crippen LogP contribution in [0.5, 0.6) is 0 Å². The SMILES string of the molecule is CCCCCCCN1CN(c2ccc(F)cc2F)c2ccccc21. The van der Waals surface area contributed by atoms with Crippen LogP contribution in [0.4, 0.5) is 25.8 Å². The molecule has 0 N–H and O–H groups in total. The van der Waals surface area contributed by atoms with Gasteiger partial charge in [-0.2, -0.15) is 0 Å². The molecule has 0 bridgehead atoms. The molecule has 128 valence electrons. The van der Waals surface area contributed by atoms with Crippen molar-refractivity contribution in [1.82, 2.24) is 0 Å². The fraction of sp³-hybridized carbons (Fsp3) is 0.400. The molecule has 1 aliphatic rings. The zero-order valence-corrected chi connectivity index (χ0v) is 14.1. The zero-order chi connectivity index (χ0) is 16.9. The molecule has 0 fully saturated rings. The number of nitrogens with zero attached hydrogens (tertiary/aromatic N) is 2. The number of rotatable bonds is 7. The second-order valence-electron chi connectivity index (χ2n) is 6.33. The summed E-state index contributed by atoms with van der Waals surface area (Å²) in [7, 11) is 0. The van der Waals surface area contributed by atoms with Gasteiger partial charge in [0.2, 0.25) is 0 Å². The van der Waals surface area contributed by atoms with Crippen LogP contribution in [0.1, 0.15) is 39.0 Å². The lowest BCUT2D eigenvalue weighted by Crippen LogP contribution is -2.29. The van der Waals surface area contributed by atoms with Gasteiger partial charge in [0.15, 0.2) is 0 Å². The highest BCUT2D eigenvalue weighted by Crippen LogP contribution is 2.41. The van der Waals surface area contributed by atoms with Crippen molar-refractivity contribution in [2.75, 3.05) is 23.0 Å². The van der Waals surface area contributed by atoms with Crippen molar-refractivity contribution >= 4 is 17.1 Å². The molecule has 3 rings (SSSR count). The predicted octanol–water partition coefficient (Wildman–Crippen LogP) is 5.85. The van der Waals surface area contributed by atoms with Gasteiger partial charge >= 0.3 is 0 Å². The number of halogens is 2. The lowest BCUT2D eigenvalue weighted by molar-refractivity contribution is 0.581. The van der Waals surface area contributed by atoms with Gasteiger partial charge in [-0.1, -0.05) is 44.7 Å². The van der Waals surface area contributed by atoms with Crippen molar-refractivity contribution in [3.05, 3.63) is 54.1 Å². The molecule has 0 aliphatic carbocycles. The van der Waals surface area contributed by atoms with Crippen LogP contribution < -0.4 is 9.80 Å². The highest BCUT2D eigenvalue weighted by molar-refractivity contribution is 5.82. The van der Waals surface area contributed by atoms with Crippen molar-refractivity contribution < 1.29 is 8.78 Å². The van der Waals surface area contributed by atoms with E-state index in [1.165, 1.54) is 37.8 Å². The molecule has 0 spiro atoms. The highest BCUT2D eigenvalue weighted by atomic mass is 19.1. The monoisotopic (exact) mass is 330 g/mol. The van der Waals surface area contributed by atoms with Gasteiger partial charge in [0.25, 0.3) is 0 Å². The average Bonchev–Trinajstić information content (AvgIpc) is 2.94. The molecule has 4 heteroatoms. The summed E-state index contributed by atoms with van der Waals surface area (Å²) >= 11 is 0. The Kier molecular flexibility index (Phi) is 5.34. The first kappa shape index (κ1) is 16.7. The normalized spacial score (nSPS) is 13.5. The standard InChI is InChI=1S/C20H24F2N2/c1-2-3-4-5-8-13-23-15-24(20-10-7-6-9-19(20)23)18-12-11-16(21)14-17(18)22/h6-7,9-12,14H,2-5,8,13,15H2,1H3. The van der Waals surface area contributed by atoms with E-state index in [-0.39, 0.29) is 0 Å². The second-order valence-corrected chi connectivity index (χ2v) is 6.33. The largest absolute Gasteiger partial charge is 0.352 e. The number of fused-ring (bicyclic) bond motifs is 1. The molecular weight excluding hydrogens is 306 g/mol. The molecule has 2 nitrogen and oxygen atoms in total. The van der Waals surface area contributed by atoms with Crippen molar-refractivity contribution in [2.24, 2.45) is 0 Å². The maximum absolute atomic E-state index is 14.2. The number of para-hydroxylation sites is 2. The molecule has 0 radical (unpaired) electrons.